The zero-order valence-corrected chi connectivity index (χ0v) is 14.3. The largest absolute Gasteiger partial charge is 0.335 e. The van der Waals surface area contributed by atoms with Crippen molar-refractivity contribution in [2.45, 2.75) is 13.3 Å². The fourth-order valence-corrected chi connectivity index (χ4v) is 2.38. The number of hydrogen-bond donors (Lipinski definition) is 1. The molecule has 5 nitrogen and oxygen atoms in total. The van der Waals surface area contributed by atoms with Crippen molar-refractivity contribution in [1.82, 2.24) is 10.1 Å². The zero-order chi connectivity index (χ0) is 17.6. The molecule has 0 aliphatic heterocycles. The molecule has 1 aromatic heterocycles. The van der Waals surface area contributed by atoms with E-state index in [1.54, 1.807) is 18.2 Å². The highest BCUT2D eigenvalue weighted by Crippen LogP contribution is 2.20. The molecular formula is C19H16ClN3O2. The first-order chi connectivity index (χ1) is 12.1. The van der Waals surface area contributed by atoms with E-state index in [-0.39, 0.29) is 12.3 Å². The third kappa shape index (κ3) is 4.78. The first-order valence-electron chi connectivity index (χ1n) is 7.72. The van der Waals surface area contributed by atoms with Crippen molar-refractivity contribution in [2.75, 3.05) is 5.32 Å². The van der Waals surface area contributed by atoms with Crippen LogP contribution in [0.1, 0.15) is 22.8 Å². The number of hydrogen-bond acceptors (Lipinski definition) is 4. The fourth-order valence-electron chi connectivity index (χ4n) is 2.21. The molecule has 25 heavy (non-hydrogen) atoms. The predicted molar refractivity (Wildman–Crippen MR) is 98.2 cm³/mol. The third-order valence-corrected chi connectivity index (χ3v) is 3.73. The van der Waals surface area contributed by atoms with Crippen LogP contribution < -0.4 is 5.32 Å². The second-order valence-electron chi connectivity index (χ2n) is 5.48. The zero-order valence-electron chi connectivity index (χ0n) is 13.6. The first kappa shape index (κ1) is 16.9. The summed E-state index contributed by atoms with van der Waals surface area (Å²) in [5.41, 5.74) is 2.62. The van der Waals surface area contributed by atoms with Gasteiger partial charge in [0, 0.05) is 16.8 Å². The molecule has 3 rings (SSSR count). The van der Waals surface area contributed by atoms with E-state index in [0.717, 1.165) is 11.1 Å². The summed E-state index contributed by atoms with van der Waals surface area (Å²) in [6.07, 6.45) is 3.60. The standard InChI is InChI=1S/C19H16ClN3O2/c1-13-7-9-15(20)11-16(13)21-18(24)12-17-22-19(25-23-17)10-8-14-5-3-2-4-6-14/h2-11H,12H2,1H3,(H,21,24). The van der Waals surface area contributed by atoms with Gasteiger partial charge < -0.3 is 9.84 Å². The quantitative estimate of drug-likeness (QED) is 0.739. The maximum Gasteiger partial charge on any atom is 0.250 e. The molecular weight excluding hydrogens is 338 g/mol. The van der Waals surface area contributed by atoms with E-state index in [0.29, 0.717) is 22.4 Å². The Morgan fingerprint density at radius 3 is 2.80 bits per heavy atom. The van der Waals surface area contributed by atoms with Crippen LogP contribution in [0.3, 0.4) is 0 Å². The summed E-state index contributed by atoms with van der Waals surface area (Å²) in [4.78, 5) is 16.3. The fraction of sp³-hybridized carbons (Fsp3) is 0.105. The number of nitrogens with one attached hydrogen (secondary N) is 1. The number of anilines is 1. The Labute approximate surface area is 150 Å². The highest BCUT2D eigenvalue weighted by Gasteiger charge is 2.11. The molecule has 0 aliphatic rings. The Balaban J connectivity index is 1.62. The average molecular weight is 354 g/mol. The number of nitrogens with zero attached hydrogens (tertiary/aromatic N) is 2. The summed E-state index contributed by atoms with van der Waals surface area (Å²) >= 11 is 5.95. The number of aryl methyl sites for hydroxylation is 1. The first-order valence-corrected chi connectivity index (χ1v) is 8.10. The molecule has 0 aliphatic carbocycles. The molecule has 1 heterocycles. The molecule has 0 unspecified atom stereocenters. The average Bonchev–Trinajstić information content (AvgIpc) is 3.04. The van der Waals surface area contributed by atoms with Gasteiger partial charge in [0.05, 0.1) is 6.42 Å². The monoisotopic (exact) mass is 353 g/mol. The van der Waals surface area contributed by atoms with Crippen LogP contribution in [0, 0.1) is 6.92 Å². The molecule has 1 amide bonds. The van der Waals surface area contributed by atoms with Gasteiger partial charge in [0.2, 0.25) is 5.91 Å². The summed E-state index contributed by atoms with van der Waals surface area (Å²) in [6.45, 7) is 1.90. The van der Waals surface area contributed by atoms with Crippen LogP contribution in [0.15, 0.2) is 53.1 Å². The number of halogens is 1. The number of carbonyl (C=O) groups is 1. The molecule has 0 fully saturated rings. The van der Waals surface area contributed by atoms with E-state index in [4.69, 9.17) is 16.1 Å². The van der Waals surface area contributed by atoms with Gasteiger partial charge in [0.25, 0.3) is 5.89 Å². The number of benzene rings is 2. The predicted octanol–water partition coefficient (Wildman–Crippen LogP) is 4.38. The Morgan fingerprint density at radius 1 is 1.20 bits per heavy atom. The molecule has 0 saturated carbocycles. The van der Waals surface area contributed by atoms with Crippen LogP contribution in [0.5, 0.6) is 0 Å². The lowest BCUT2D eigenvalue weighted by molar-refractivity contribution is -0.115. The minimum Gasteiger partial charge on any atom is -0.335 e. The number of carbonyl (C=O) groups excluding carboxylic acids is 1. The topological polar surface area (TPSA) is 68.0 Å². The minimum absolute atomic E-state index is 0.0225. The van der Waals surface area contributed by atoms with Crippen molar-refractivity contribution in [3.05, 3.63) is 76.4 Å². The molecule has 2 aromatic carbocycles. The molecule has 1 N–H and O–H groups in total. The number of rotatable bonds is 5. The van der Waals surface area contributed by atoms with Crippen molar-refractivity contribution in [2.24, 2.45) is 0 Å². The van der Waals surface area contributed by atoms with Gasteiger partial charge in [0.15, 0.2) is 5.82 Å². The molecule has 0 atom stereocenters. The summed E-state index contributed by atoms with van der Waals surface area (Å²) in [5.74, 6) is 0.445. The van der Waals surface area contributed by atoms with Gasteiger partial charge in [-0.15, -0.1) is 0 Å². The normalized spacial score (nSPS) is 11.0. The smallest absolute Gasteiger partial charge is 0.250 e. The van der Waals surface area contributed by atoms with Crippen molar-refractivity contribution < 1.29 is 9.32 Å². The molecule has 126 valence electrons. The van der Waals surface area contributed by atoms with Crippen LogP contribution in [0.25, 0.3) is 12.2 Å². The van der Waals surface area contributed by atoms with Crippen molar-refractivity contribution in [3.63, 3.8) is 0 Å². The lowest BCUT2D eigenvalue weighted by Crippen LogP contribution is -2.15. The molecule has 0 radical (unpaired) electrons. The van der Waals surface area contributed by atoms with Gasteiger partial charge in [0.1, 0.15) is 0 Å². The third-order valence-electron chi connectivity index (χ3n) is 3.49. The summed E-state index contributed by atoms with van der Waals surface area (Å²) in [7, 11) is 0. The van der Waals surface area contributed by atoms with Crippen LogP contribution in [0.2, 0.25) is 5.02 Å². The second-order valence-corrected chi connectivity index (χ2v) is 5.91. The molecule has 0 bridgehead atoms. The Morgan fingerprint density at radius 2 is 2.00 bits per heavy atom. The molecule has 0 spiro atoms. The Hall–Kier alpha value is -2.92. The SMILES string of the molecule is Cc1ccc(Cl)cc1NC(=O)Cc1noc(C=Cc2ccccc2)n1. The van der Waals surface area contributed by atoms with Gasteiger partial charge in [-0.05, 0) is 36.3 Å². The molecule has 0 saturated heterocycles. The van der Waals surface area contributed by atoms with Crippen molar-refractivity contribution in [3.8, 4) is 0 Å². The maximum atomic E-state index is 12.1. The lowest BCUT2D eigenvalue weighted by atomic mass is 10.2. The Bertz CT molecular complexity index is 904. The summed E-state index contributed by atoms with van der Waals surface area (Å²) in [5, 5.41) is 7.19. The van der Waals surface area contributed by atoms with Gasteiger partial charge in [-0.2, -0.15) is 4.98 Å². The maximum absolute atomic E-state index is 12.1. The van der Waals surface area contributed by atoms with Crippen LogP contribution >= 0.6 is 11.6 Å². The second kappa shape index (κ2) is 7.77. The van der Waals surface area contributed by atoms with Crippen molar-refractivity contribution in [1.29, 1.82) is 0 Å². The van der Waals surface area contributed by atoms with Crippen LogP contribution in [-0.2, 0) is 11.2 Å². The van der Waals surface area contributed by atoms with E-state index < -0.39 is 0 Å². The lowest BCUT2D eigenvalue weighted by Gasteiger charge is -2.07. The van der Waals surface area contributed by atoms with Gasteiger partial charge in [-0.25, -0.2) is 0 Å². The van der Waals surface area contributed by atoms with E-state index in [1.165, 1.54) is 0 Å². The summed E-state index contributed by atoms with van der Waals surface area (Å²) in [6, 6.07) is 15.1. The minimum atomic E-state index is -0.232. The summed E-state index contributed by atoms with van der Waals surface area (Å²) < 4.78 is 5.13. The van der Waals surface area contributed by atoms with Gasteiger partial charge in [-0.3, -0.25) is 4.79 Å². The van der Waals surface area contributed by atoms with Gasteiger partial charge in [-0.1, -0.05) is 53.2 Å². The van der Waals surface area contributed by atoms with Gasteiger partial charge >= 0.3 is 0 Å². The highest BCUT2D eigenvalue weighted by molar-refractivity contribution is 6.31. The highest BCUT2D eigenvalue weighted by atomic mass is 35.5. The number of aromatic nitrogens is 2. The van der Waals surface area contributed by atoms with E-state index in [9.17, 15) is 4.79 Å². The van der Waals surface area contributed by atoms with E-state index in [1.807, 2.05) is 49.4 Å². The van der Waals surface area contributed by atoms with E-state index >= 15 is 0 Å². The number of amides is 1. The van der Waals surface area contributed by atoms with Crippen molar-refractivity contribution >= 4 is 35.3 Å². The Kier molecular flexibility index (Phi) is 5.26. The molecule has 3 aromatic rings. The van der Waals surface area contributed by atoms with E-state index in [2.05, 4.69) is 15.5 Å². The van der Waals surface area contributed by atoms with Crippen LogP contribution in [-0.4, -0.2) is 16.0 Å². The van der Waals surface area contributed by atoms with Crippen LogP contribution in [0.4, 0.5) is 5.69 Å². The molecule has 6 heteroatoms.